The highest BCUT2D eigenvalue weighted by Gasteiger charge is 2.12. The summed E-state index contributed by atoms with van der Waals surface area (Å²) < 4.78 is 23.7. The second-order valence-corrected chi connectivity index (χ2v) is 3.84. The van der Waals surface area contributed by atoms with Crippen molar-refractivity contribution in [1.82, 2.24) is 4.98 Å². The van der Waals surface area contributed by atoms with E-state index in [9.17, 15) is 4.39 Å². The summed E-state index contributed by atoms with van der Waals surface area (Å²) in [6.45, 7) is 0. The van der Waals surface area contributed by atoms with Gasteiger partial charge in [0.15, 0.2) is 5.76 Å². The summed E-state index contributed by atoms with van der Waals surface area (Å²) in [5.74, 6) is 0.774. The molecule has 2 heterocycles. The van der Waals surface area contributed by atoms with Crippen LogP contribution >= 0.6 is 11.6 Å². The minimum Gasteiger partial charge on any atom is -0.451 e. The smallest absolute Gasteiger partial charge is 0.263 e. The van der Waals surface area contributed by atoms with Crippen LogP contribution in [0.5, 0.6) is 0 Å². The minimum absolute atomic E-state index is 0.276. The van der Waals surface area contributed by atoms with Gasteiger partial charge in [-0.2, -0.15) is 0 Å². The zero-order valence-electron chi connectivity index (χ0n) is 8.61. The third-order valence-corrected chi connectivity index (χ3v) is 2.65. The number of hydrogen-bond acceptors (Lipinski definition) is 3. The van der Waals surface area contributed by atoms with E-state index in [-0.39, 0.29) is 11.7 Å². The number of oxazole rings is 1. The van der Waals surface area contributed by atoms with Gasteiger partial charge in [0.25, 0.3) is 5.89 Å². The van der Waals surface area contributed by atoms with Crippen molar-refractivity contribution in [2.45, 2.75) is 5.88 Å². The van der Waals surface area contributed by atoms with E-state index in [1.54, 1.807) is 12.1 Å². The Bertz CT molecular complexity index is 674. The molecule has 3 rings (SSSR count). The van der Waals surface area contributed by atoms with E-state index in [4.69, 9.17) is 20.4 Å². The summed E-state index contributed by atoms with van der Waals surface area (Å²) in [5, 5.41) is 0.672. The standard InChI is InChI=1S/C12H7ClFNO2/c13-5-9-6-16-12(15-9)11-4-7-3-8(14)1-2-10(7)17-11/h1-4,6H,5H2. The number of nitrogens with zero attached hydrogens (tertiary/aromatic N) is 1. The van der Waals surface area contributed by atoms with Gasteiger partial charge in [0.05, 0.1) is 11.6 Å². The highest BCUT2D eigenvalue weighted by molar-refractivity contribution is 6.16. The molecule has 3 nitrogen and oxygen atoms in total. The third-order valence-electron chi connectivity index (χ3n) is 2.38. The fraction of sp³-hybridized carbons (Fsp3) is 0.0833. The fourth-order valence-corrected chi connectivity index (χ4v) is 1.72. The molecular weight excluding hydrogens is 245 g/mol. The van der Waals surface area contributed by atoms with Gasteiger partial charge < -0.3 is 8.83 Å². The summed E-state index contributed by atoms with van der Waals surface area (Å²) >= 11 is 5.62. The average Bonchev–Trinajstić information content (AvgIpc) is 2.93. The zero-order valence-corrected chi connectivity index (χ0v) is 9.37. The summed E-state index contributed by atoms with van der Waals surface area (Å²) in [7, 11) is 0. The number of benzene rings is 1. The van der Waals surface area contributed by atoms with Gasteiger partial charge in [0, 0.05) is 5.39 Å². The zero-order chi connectivity index (χ0) is 11.8. The van der Waals surface area contributed by atoms with Crippen molar-refractivity contribution >= 4 is 22.6 Å². The summed E-state index contributed by atoms with van der Waals surface area (Å²) in [4.78, 5) is 4.13. The van der Waals surface area contributed by atoms with Gasteiger partial charge in [-0.15, -0.1) is 11.6 Å². The molecule has 0 aliphatic heterocycles. The fourth-order valence-electron chi connectivity index (χ4n) is 1.60. The number of hydrogen-bond donors (Lipinski definition) is 0. The van der Waals surface area contributed by atoms with Gasteiger partial charge in [-0.3, -0.25) is 0 Å². The first-order valence-corrected chi connectivity index (χ1v) is 5.49. The van der Waals surface area contributed by atoms with Gasteiger partial charge in [-0.25, -0.2) is 9.37 Å². The van der Waals surface area contributed by atoms with Crippen LogP contribution in [0.4, 0.5) is 4.39 Å². The maximum atomic E-state index is 13.0. The second kappa shape index (κ2) is 3.89. The molecule has 0 amide bonds. The van der Waals surface area contributed by atoms with Gasteiger partial charge >= 0.3 is 0 Å². The van der Waals surface area contributed by atoms with Crippen LogP contribution in [-0.4, -0.2) is 4.98 Å². The van der Waals surface area contributed by atoms with Gasteiger partial charge in [0.2, 0.25) is 0 Å². The first-order valence-electron chi connectivity index (χ1n) is 4.96. The molecule has 2 aromatic heterocycles. The van der Waals surface area contributed by atoms with Crippen LogP contribution < -0.4 is 0 Å². The van der Waals surface area contributed by atoms with Crippen molar-refractivity contribution < 1.29 is 13.2 Å². The Labute approximate surface area is 101 Å². The lowest BCUT2D eigenvalue weighted by Crippen LogP contribution is -1.76. The van der Waals surface area contributed by atoms with Crippen molar-refractivity contribution in [2.24, 2.45) is 0 Å². The van der Waals surface area contributed by atoms with Crippen LogP contribution in [0.3, 0.4) is 0 Å². The number of fused-ring (bicyclic) bond motifs is 1. The Morgan fingerprint density at radius 1 is 1.29 bits per heavy atom. The number of aromatic nitrogens is 1. The van der Waals surface area contributed by atoms with Crippen LogP contribution in [0.15, 0.2) is 39.4 Å². The molecule has 0 spiro atoms. The van der Waals surface area contributed by atoms with Gasteiger partial charge in [0.1, 0.15) is 17.7 Å². The van der Waals surface area contributed by atoms with Gasteiger partial charge in [-0.1, -0.05) is 0 Å². The molecule has 0 unspecified atom stereocenters. The largest absolute Gasteiger partial charge is 0.451 e. The molecule has 0 aliphatic carbocycles. The molecule has 3 aromatic rings. The molecule has 0 saturated carbocycles. The van der Waals surface area contributed by atoms with Gasteiger partial charge in [-0.05, 0) is 24.3 Å². The van der Waals surface area contributed by atoms with E-state index in [1.807, 2.05) is 0 Å². The Kier molecular flexibility index (Phi) is 2.37. The lowest BCUT2D eigenvalue weighted by molar-refractivity contribution is 0.533. The Morgan fingerprint density at radius 3 is 2.94 bits per heavy atom. The molecule has 0 aliphatic rings. The molecular formula is C12H7ClFNO2. The van der Waals surface area contributed by atoms with Crippen LogP contribution in [0.2, 0.25) is 0 Å². The van der Waals surface area contributed by atoms with Crippen molar-refractivity contribution in [1.29, 1.82) is 0 Å². The predicted octanol–water partition coefficient (Wildman–Crippen LogP) is 3.97. The second-order valence-electron chi connectivity index (χ2n) is 3.57. The summed E-state index contributed by atoms with van der Waals surface area (Å²) in [6, 6.07) is 5.99. The van der Waals surface area contributed by atoms with E-state index >= 15 is 0 Å². The number of furan rings is 1. The van der Waals surface area contributed by atoms with Crippen molar-refractivity contribution in [3.05, 3.63) is 42.0 Å². The third kappa shape index (κ3) is 1.80. The van der Waals surface area contributed by atoms with E-state index < -0.39 is 0 Å². The lowest BCUT2D eigenvalue weighted by Gasteiger charge is -1.87. The summed E-state index contributed by atoms with van der Waals surface area (Å²) in [5.41, 5.74) is 1.22. The molecule has 0 saturated heterocycles. The maximum absolute atomic E-state index is 13.0. The molecule has 0 atom stereocenters. The van der Waals surface area contributed by atoms with Crippen molar-refractivity contribution in [3.8, 4) is 11.7 Å². The first-order chi connectivity index (χ1) is 8.26. The molecule has 0 fully saturated rings. The topological polar surface area (TPSA) is 39.2 Å². The Morgan fingerprint density at radius 2 is 2.18 bits per heavy atom. The van der Waals surface area contributed by atoms with E-state index in [2.05, 4.69) is 4.98 Å². The van der Waals surface area contributed by atoms with Crippen LogP contribution in [-0.2, 0) is 5.88 Å². The Balaban J connectivity index is 2.11. The summed E-state index contributed by atoms with van der Waals surface area (Å²) in [6.07, 6.45) is 1.47. The molecule has 0 radical (unpaired) electrons. The van der Waals surface area contributed by atoms with E-state index in [1.165, 1.54) is 18.4 Å². The van der Waals surface area contributed by atoms with Crippen LogP contribution in [0.1, 0.15) is 5.69 Å². The molecule has 86 valence electrons. The Hall–Kier alpha value is -1.81. The number of alkyl halides is 1. The predicted molar refractivity (Wildman–Crippen MR) is 61.2 cm³/mol. The number of halogens is 2. The molecule has 0 N–H and O–H groups in total. The van der Waals surface area contributed by atoms with Crippen LogP contribution in [0, 0.1) is 5.82 Å². The molecule has 0 bridgehead atoms. The monoisotopic (exact) mass is 251 g/mol. The molecule has 1 aromatic carbocycles. The molecule has 5 heteroatoms. The maximum Gasteiger partial charge on any atom is 0.263 e. The van der Waals surface area contributed by atoms with E-state index in [0.29, 0.717) is 28.3 Å². The van der Waals surface area contributed by atoms with E-state index in [0.717, 1.165) is 0 Å². The van der Waals surface area contributed by atoms with Crippen molar-refractivity contribution in [3.63, 3.8) is 0 Å². The number of rotatable bonds is 2. The molecule has 17 heavy (non-hydrogen) atoms. The highest BCUT2D eigenvalue weighted by atomic mass is 35.5. The first kappa shape index (κ1) is 10.4. The average molecular weight is 252 g/mol. The quantitative estimate of drug-likeness (QED) is 0.647. The normalized spacial score (nSPS) is 11.2. The minimum atomic E-state index is -0.307. The van der Waals surface area contributed by atoms with Crippen molar-refractivity contribution in [2.75, 3.05) is 0 Å². The highest BCUT2D eigenvalue weighted by Crippen LogP contribution is 2.27. The SMILES string of the molecule is Fc1ccc2oc(-c3nc(CCl)co3)cc2c1. The lowest BCUT2D eigenvalue weighted by atomic mass is 10.2. The van der Waals surface area contributed by atoms with Crippen LogP contribution in [0.25, 0.3) is 22.6 Å².